The molecule has 0 heterocycles. The molecule has 0 radical (unpaired) electrons. The zero-order valence-electron chi connectivity index (χ0n) is 16.2. The third kappa shape index (κ3) is 4.69. The number of sulfonamides is 1. The highest BCUT2D eigenvalue weighted by Gasteiger charge is 2.21. The van der Waals surface area contributed by atoms with E-state index in [1.54, 1.807) is 13.2 Å². The first-order chi connectivity index (χ1) is 12.9. The van der Waals surface area contributed by atoms with Gasteiger partial charge in [-0.2, -0.15) is 0 Å². The number of methoxy groups -OCH3 is 1. The Labute approximate surface area is 162 Å². The molecule has 1 aliphatic carbocycles. The van der Waals surface area contributed by atoms with Gasteiger partial charge >= 0.3 is 0 Å². The Bertz CT molecular complexity index is 894. The summed E-state index contributed by atoms with van der Waals surface area (Å²) in [7, 11) is 1.96. The maximum Gasteiger partial charge on any atom is 0.240 e. The van der Waals surface area contributed by atoms with Crippen LogP contribution in [-0.2, 0) is 22.9 Å². The van der Waals surface area contributed by atoms with Crippen LogP contribution in [0.25, 0.3) is 0 Å². The Morgan fingerprint density at radius 1 is 1.07 bits per heavy atom. The van der Waals surface area contributed by atoms with Crippen molar-refractivity contribution < 1.29 is 13.2 Å². The number of nitrogens with zero attached hydrogens (tertiary/aromatic N) is 1. The molecule has 0 spiro atoms. The summed E-state index contributed by atoms with van der Waals surface area (Å²) in [4.78, 5) is 2.36. The van der Waals surface area contributed by atoms with E-state index in [1.165, 1.54) is 17.5 Å². The SMILES string of the molecule is COc1cccc(C(CNS(=O)(=O)c2ccc3c(c2)CCCC3)N(C)C)c1. The summed E-state index contributed by atoms with van der Waals surface area (Å²) in [6.45, 7) is 0.291. The highest BCUT2D eigenvalue weighted by atomic mass is 32.2. The van der Waals surface area contributed by atoms with Crippen molar-refractivity contribution in [2.45, 2.75) is 36.6 Å². The zero-order chi connectivity index (χ0) is 19.4. The molecular weight excluding hydrogens is 360 g/mol. The molecule has 1 aliphatic rings. The third-order valence-electron chi connectivity index (χ3n) is 5.20. The van der Waals surface area contributed by atoms with Crippen LogP contribution in [0.2, 0.25) is 0 Å². The van der Waals surface area contributed by atoms with Crippen molar-refractivity contribution >= 4 is 10.0 Å². The molecule has 2 aromatic rings. The highest BCUT2D eigenvalue weighted by molar-refractivity contribution is 7.89. The molecule has 1 atom stereocenters. The quantitative estimate of drug-likeness (QED) is 0.792. The minimum Gasteiger partial charge on any atom is -0.497 e. The average molecular weight is 389 g/mol. The van der Waals surface area contributed by atoms with E-state index in [0.717, 1.165) is 30.6 Å². The molecule has 5 nitrogen and oxygen atoms in total. The average Bonchev–Trinajstić information content (AvgIpc) is 2.67. The first-order valence-electron chi connectivity index (χ1n) is 9.32. The van der Waals surface area contributed by atoms with Gasteiger partial charge in [0.15, 0.2) is 0 Å². The van der Waals surface area contributed by atoms with E-state index in [9.17, 15) is 8.42 Å². The van der Waals surface area contributed by atoms with Gasteiger partial charge in [0.2, 0.25) is 10.0 Å². The Morgan fingerprint density at radius 3 is 2.52 bits per heavy atom. The van der Waals surface area contributed by atoms with Crippen LogP contribution in [0.15, 0.2) is 47.4 Å². The Hall–Kier alpha value is -1.89. The van der Waals surface area contributed by atoms with Gasteiger partial charge in [0.25, 0.3) is 0 Å². The molecule has 0 amide bonds. The summed E-state index contributed by atoms with van der Waals surface area (Å²) in [6, 6.07) is 13.2. The molecule has 0 aromatic heterocycles. The van der Waals surface area contributed by atoms with Crippen molar-refractivity contribution in [3.05, 3.63) is 59.2 Å². The lowest BCUT2D eigenvalue weighted by Crippen LogP contribution is -2.34. The van der Waals surface area contributed by atoms with Crippen LogP contribution in [0, 0.1) is 0 Å². The Balaban J connectivity index is 1.78. The first kappa shape index (κ1) is 19.9. The minimum absolute atomic E-state index is 0.0903. The topological polar surface area (TPSA) is 58.6 Å². The maximum absolute atomic E-state index is 12.8. The van der Waals surface area contributed by atoms with Gasteiger partial charge in [0.05, 0.1) is 12.0 Å². The van der Waals surface area contributed by atoms with Crippen molar-refractivity contribution in [2.24, 2.45) is 0 Å². The standard InChI is InChI=1S/C21H28N2O3S/c1-23(2)21(18-9-6-10-19(13-18)26-3)15-22-27(24,25)20-12-11-16-7-4-5-8-17(16)14-20/h6,9-14,21-22H,4-5,7-8,15H2,1-3H3. The van der Waals surface area contributed by atoms with Crippen molar-refractivity contribution in [3.8, 4) is 5.75 Å². The predicted octanol–water partition coefficient (Wildman–Crippen LogP) is 3.16. The largest absolute Gasteiger partial charge is 0.497 e. The van der Waals surface area contributed by atoms with Crippen LogP contribution in [-0.4, -0.2) is 41.1 Å². The van der Waals surface area contributed by atoms with Crippen molar-refractivity contribution in [3.63, 3.8) is 0 Å². The van der Waals surface area contributed by atoms with Gasteiger partial charge in [-0.3, -0.25) is 0 Å². The number of rotatable bonds is 7. The number of hydrogen-bond donors (Lipinski definition) is 1. The highest BCUT2D eigenvalue weighted by Crippen LogP contribution is 2.25. The Morgan fingerprint density at radius 2 is 1.81 bits per heavy atom. The van der Waals surface area contributed by atoms with Crippen molar-refractivity contribution in [1.82, 2.24) is 9.62 Å². The van der Waals surface area contributed by atoms with Crippen LogP contribution in [0.3, 0.4) is 0 Å². The predicted molar refractivity (Wildman–Crippen MR) is 108 cm³/mol. The molecule has 2 aromatic carbocycles. The molecule has 1 N–H and O–H groups in total. The first-order valence-corrected chi connectivity index (χ1v) is 10.8. The second kappa shape index (κ2) is 8.42. The molecule has 0 aliphatic heterocycles. The fourth-order valence-electron chi connectivity index (χ4n) is 3.60. The van der Waals surface area contributed by atoms with Gasteiger partial charge < -0.3 is 9.64 Å². The summed E-state index contributed by atoms with van der Waals surface area (Å²) in [6.07, 6.45) is 4.31. The second-order valence-corrected chi connectivity index (χ2v) is 9.01. The van der Waals surface area contributed by atoms with E-state index < -0.39 is 10.0 Å². The molecule has 146 valence electrons. The summed E-state index contributed by atoms with van der Waals surface area (Å²) in [5.41, 5.74) is 3.45. The summed E-state index contributed by atoms with van der Waals surface area (Å²) in [5, 5.41) is 0. The number of ether oxygens (including phenoxy) is 1. The van der Waals surface area contributed by atoms with Crippen LogP contribution >= 0.6 is 0 Å². The summed E-state index contributed by atoms with van der Waals surface area (Å²) >= 11 is 0. The van der Waals surface area contributed by atoms with Gasteiger partial charge in [0, 0.05) is 12.6 Å². The molecule has 1 unspecified atom stereocenters. The Kier molecular flexibility index (Phi) is 6.19. The molecule has 0 saturated carbocycles. The third-order valence-corrected chi connectivity index (χ3v) is 6.62. The van der Waals surface area contributed by atoms with Crippen LogP contribution in [0.1, 0.15) is 35.6 Å². The normalized spacial score (nSPS) is 15.4. The van der Waals surface area contributed by atoms with E-state index in [2.05, 4.69) is 4.72 Å². The number of likely N-dealkylation sites (N-methyl/N-ethyl adjacent to an activating group) is 1. The fraction of sp³-hybridized carbons (Fsp3) is 0.429. The molecule has 6 heteroatoms. The van der Waals surface area contributed by atoms with Crippen LogP contribution in [0.5, 0.6) is 5.75 Å². The molecule has 27 heavy (non-hydrogen) atoms. The van der Waals surface area contributed by atoms with Crippen LogP contribution in [0.4, 0.5) is 0 Å². The maximum atomic E-state index is 12.8. The smallest absolute Gasteiger partial charge is 0.240 e. The van der Waals surface area contributed by atoms with Crippen LogP contribution < -0.4 is 9.46 Å². The van der Waals surface area contributed by atoms with E-state index in [4.69, 9.17) is 4.74 Å². The van der Waals surface area contributed by atoms with Gasteiger partial charge in [-0.15, -0.1) is 0 Å². The number of aryl methyl sites for hydroxylation is 2. The minimum atomic E-state index is -3.55. The van der Waals surface area contributed by atoms with Crippen molar-refractivity contribution in [2.75, 3.05) is 27.7 Å². The number of nitrogens with one attached hydrogen (secondary N) is 1. The molecule has 3 rings (SSSR count). The molecule has 0 fully saturated rings. The van der Waals surface area contributed by atoms with Gasteiger partial charge in [-0.25, -0.2) is 13.1 Å². The lowest BCUT2D eigenvalue weighted by molar-refractivity contribution is 0.298. The van der Waals surface area contributed by atoms with Gasteiger partial charge in [0.1, 0.15) is 5.75 Å². The molecule has 0 saturated heterocycles. The van der Waals surface area contributed by atoms with E-state index >= 15 is 0 Å². The lowest BCUT2D eigenvalue weighted by Gasteiger charge is -2.25. The van der Waals surface area contributed by atoms with E-state index in [0.29, 0.717) is 11.4 Å². The van der Waals surface area contributed by atoms with E-state index in [-0.39, 0.29) is 6.04 Å². The number of hydrogen-bond acceptors (Lipinski definition) is 4. The van der Waals surface area contributed by atoms with E-state index in [1.807, 2.05) is 55.4 Å². The molecular formula is C21H28N2O3S. The summed E-state index contributed by atoms with van der Waals surface area (Å²) < 4.78 is 33.8. The van der Waals surface area contributed by atoms with Gasteiger partial charge in [-0.1, -0.05) is 18.2 Å². The number of benzene rings is 2. The second-order valence-electron chi connectivity index (χ2n) is 7.25. The number of fused-ring (bicyclic) bond motifs is 1. The zero-order valence-corrected chi connectivity index (χ0v) is 17.1. The summed E-state index contributed by atoms with van der Waals surface area (Å²) in [5.74, 6) is 0.761. The monoisotopic (exact) mass is 388 g/mol. The molecule has 0 bridgehead atoms. The fourth-order valence-corrected chi connectivity index (χ4v) is 4.68. The van der Waals surface area contributed by atoms with Crippen molar-refractivity contribution in [1.29, 1.82) is 0 Å². The lowest BCUT2D eigenvalue weighted by atomic mass is 9.92. The van der Waals surface area contributed by atoms with Gasteiger partial charge in [-0.05, 0) is 80.7 Å².